The number of alkyl halides is 3. The van der Waals surface area contributed by atoms with Crippen molar-refractivity contribution in [1.29, 1.82) is 0 Å². The Kier molecular flexibility index (Phi) is 6.59. The largest absolute Gasteiger partial charge is 0.421 e. The summed E-state index contributed by atoms with van der Waals surface area (Å²) in [6.45, 7) is 4.14. The van der Waals surface area contributed by atoms with E-state index in [-0.39, 0.29) is 11.8 Å². The molecule has 0 radical (unpaired) electrons. The van der Waals surface area contributed by atoms with Crippen LogP contribution in [0.3, 0.4) is 0 Å². The summed E-state index contributed by atoms with van der Waals surface area (Å²) in [7, 11) is 1.58. The lowest BCUT2D eigenvalue weighted by Crippen LogP contribution is -2.19. The molecule has 2 aromatic carbocycles. The summed E-state index contributed by atoms with van der Waals surface area (Å²) in [5, 5.41) is 2.99. The molecule has 1 heterocycles. The second-order valence-corrected chi connectivity index (χ2v) is 7.08. The first-order valence-corrected chi connectivity index (χ1v) is 9.94. The molecule has 0 bridgehead atoms. The van der Waals surface area contributed by atoms with Crippen LogP contribution in [0.2, 0.25) is 0 Å². The van der Waals surface area contributed by atoms with Gasteiger partial charge in [0.15, 0.2) is 5.82 Å². The fourth-order valence-electron chi connectivity index (χ4n) is 3.14. The molecule has 0 atom stereocenters. The SMILES string of the molecule is CCCc1ccc(N(C)c2nc(Nc3ccc(CC)cc3)ncc2C(F)(F)F)cc1. The molecule has 0 aliphatic carbocycles. The van der Waals surface area contributed by atoms with Crippen LogP contribution in [0.25, 0.3) is 0 Å². The zero-order valence-corrected chi connectivity index (χ0v) is 17.3. The minimum absolute atomic E-state index is 0.108. The third-order valence-corrected chi connectivity index (χ3v) is 4.87. The van der Waals surface area contributed by atoms with Crippen LogP contribution in [0.5, 0.6) is 0 Å². The number of nitrogens with zero attached hydrogens (tertiary/aromatic N) is 3. The van der Waals surface area contributed by atoms with Gasteiger partial charge in [0.05, 0.1) is 0 Å². The Hall–Kier alpha value is -3.09. The lowest BCUT2D eigenvalue weighted by Gasteiger charge is -2.23. The molecule has 0 amide bonds. The molecule has 158 valence electrons. The van der Waals surface area contributed by atoms with Crippen molar-refractivity contribution in [3.05, 3.63) is 71.4 Å². The van der Waals surface area contributed by atoms with Gasteiger partial charge in [-0.05, 0) is 48.2 Å². The summed E-state index contributed by atoms with van der Waals surface area (Å²) in [6.07, 6.45) is -0.896. The topological polar surface area (TPSA) is 41.1 Å². The lowest BCUT2D eigenvalue weighted by molar-refractivity contribution is -0.137. The molecule has 0 aliphatic heterocycles. The Morgan fingerprint density at radius 1 is 0.933 bits per heavy atom. The van der Waals surface area contributed by atoms with Crippen molar-refractivity contribution in [2.45, 2.75) is 39.3 Å². The van der Waals surface area contributed by atoms with Crippen molar-refractivity contribution >= 4 is 23.1 Å². The van der Waals surface area contributed by atoms with E-state index >= 15 is 0 Å². The first-order chi connectivity index (χ1) is 14.3. The van der Waals surface area contributed by atoms with E-state index in [9.17, 15) is 13.2 Å². The van der Waals surface area contributed by atoms with Crippen molar-refractivity contribution < 1.29 is 13.2 Å². The Morgan fingerprint density at radius 3 is 2.13 bits per heavy atom. The first-order valence-electron chi connectivity index (χ1n) is 9.94. The fraction of sp³-hybridized carbons (Fsp3) is 0.304. The molecule has 0 saturated heterocycles. The number of rotatable bonds is 7. The van der Waals surface area contributed by atoms with E-state index in [1.807, 2.05) is 48.5 Å². The molecule has 30 heavy (non-hydrogen) atoms. The van der Waals surface area contributed by atoms with Crippen molar-refractivity contribution in [3.8, 4) is 0 Å². The molecule has 0 aliphatic rings. The Morgan fingerprint density at radius 2 is 1.57 bits per heavy atom. The van der Waals surface area contributed by atoms with Gasteiger partial charge < -0.3 is 10.2 Å². The van der Waals surface area contributed by atoms with Crippen LogP contribution in [0.1, 0.15) is 37.0 Å². The van der Waals surface area contributed by atoms with Gasteiger partial charge in [0.1, 0.15) is 5.56 Å². The average Bonchev–Trinajstić information content (AvgIpc) is 2.74. The van der Waals surface area contributed by atoms with Crippen LogP contribution in [-0.2, 0) is 19.0 Å². The van der Waals surface area contributed by atoms with Crippen LogP contribution >= 0.6 is 0 Å². The van der Waals surface area contributed by atoms with Gasteiger partial charge in [0.25, 0.3) is 0 Å². The van der Waals surface area contributed by atoms with Gasteiger partial charge in [0, 0.05) is 24.6 Å². The third-order valence-electron chi connectivity index (χ3n) is 4.87. The molecule has 3 aromatic rings. The van der Waals surface area contributed by atoms with Crippen molar-refractivity contribution in [1.82, 2.24) is 9.97 Å². The smallest absolute Gasteiger partial charge is 0.329 e. The standard InChI is InChI=1S/C23H25F3N4/c1-4-6-17-9-13-19(14-10-17)30(3)21-20(23(24,25)26)15-27-22(29-21)28-18-11-7-16(5-2)8-12-18/h7-15H,4-6H2,1-3H3,(H,27,28,29). The van der Waals surface area contributed by atoms with Crippen LogP contribution in [0, 0.1) is 0 Å². The number of halogens is 3. The number of hydrogen-bond acceptors (Lipinski definition) is 4. The fourth-order valence-corrected chi connectivity index (χ4v) is 3.14. The van der Waals surface area contributed by atoms with E-state index < -0.39 is 11.7 Å². The molecule has 1 aromatic heterocycles. The maximum atomic E-state index is 13.6. The third kappa shape index (κ3) is 5.09. The Bertz CT molecular complexity index is 967. The van der Waals surface area contributed by atoms with Gasteiger partial charge in [0.2, 0.25) is 5.95 Å². The highest BCUT2D eigenvalue weighted by Gasteiger charge is 2.36. The minimum Gasteiger partial charge on any atom is -0.329 e. The maximum absolute atomic E-state index is 13.6. The summed E-state index contributed by atoms with van der Waals surface area (Å²) >= 11 is 0. The van der Waals surface area contributed by atoms with Gasteiger partial charge in [-0.15, -0.1) is 0 Å². The number of hydrogen-bond donors (Lipinski definition) is 1. The molecular weight excluding hydrogens is 389 g/mol. The summed E-state index contributed by atoms with van der Waals surface area (Å²) in [6, 6.07) is 15.1. The van der Waals surface area contributed by atoms with Gasteiger partial charge in [-0.2, -0.15) is 18.2 Å². The quantitative estimate of drug-likeness (QED) is 0.478. The molecule has 1 N–H and O–H groups in total. The highest BCUT2D eigenvalue weighted by Crippen LogP contribution is 2.37. The van der Waals surface area contributed by atoms with E-state index in [1.54, 1.807) is 7.05 Å². The van der Waals surface area contributed by atoms with Crippen LogP contribution in [0.15, 0.2) is 54.7 Å². The molecule has 7 heteroatoms. The van der Waals surface area contributed by atoms with Gasteiger partial charge >= 0.3 is 6.18 Å². The van der Waals surface area contributed by atoms with E-state index in [1.165, 1.54) is 10.5 Å². The Balaban J connectivity index is 1.94. The van der Waals surface area contributed by atoms with Crippen molar-refractivity contribution in [3.63, 3.8) is 0 Å². The zero-order valence-electron chi connectivity index (χ0n) is 17.3. The summed E-state index contributed by atoms with van der Waals surface area (Å²) in [5.41, 5.74) is 2.77. The summed E-state index contributed by atoms with van der Waals surface area (Å²) in [5.74, 6) is -0.0925. The highest BCUT2D eigenvalue weighted by atomic mass is 19.4. The lowest BCUT2D eigenvalue weighted by atomic mass is 10.1. The highest BCUT2D eigenvalue weighted by molar-refractivity contribution is 5.65. The molecule has 0 fully saturated rings. The number of benzene rings is 2. The van der Waals surface area contributed by atoms with Crippen LogP contribution in [0.4, 0.5) is 36.3 Å². The molecule has 0 spiro atoms. The first kappa shape index (κ1) is 21.6. The van der Waals surface area contributed by atoms with E-state index in [4.69, 9.17) is 0 Å². The van der Waals surface area contributed by atoms with E-state index in [0.29, 0.717) is 11.4 Å². The van der Waals surface area contributed by atoms with Crippen molar-refractivity contribution in [2.75, 3.05) is 17.3 Å². The molecule has 3 rings (SSSR count). The molecule has 0 saturated carbocycles. The average molecular weight is 414 g/mol. The number of anilines is 4. The second-order valence-electron chi connectivity index (χ2n) is 7.08. The van der Waals surface area contributed by atoms with Crippen LogP contribution in [-0.4, -0.2) is 17.0 Å². The molecule has 0 unspecified atom stereocenters. The van der Waals surface area contributed by atoms with Crippen LogP contribution < -0.4 is 10.2 Å². The Labute approximate surface area is 174 Å². The van der Waals surface area contributed by atoms with Gasteiger partial charge in [-0.25, -0.2) is 4.98 Å². The van der Waals surface area contributed by atoms with E-state index in [2.05, 4.69) is 29.1 Å². The summed E-state index contributed by atoms with van der Waals surface area (Å²) < 4.78 is 40.8. The predicted molar refractivity (Wildman–Crippen MR) is 115 cm³/mol. The van der Waals surface area contributed by atoms with Crippen molar-refractivity contribution in [2.24, 2.45) is 0 Å². The minimum atomic E-state index is -4.56. The van der Waals surface area contributed by atoms with Gasteiger partial charge in [-0.3, -0.25) is 0 Å². The van der Waals surface area contributed by atoms with E-state index in [0.717, 1.165) is 31.0 Å². The predicted octanol–water partition coefficient (Wildman–Crippen LogP) is 6.52. The maximum Gasteiger partial charge on any atom is 0.421 e. The number of aryl methyl sites for hydroxylation is 2. The number of aromatic nitrogens is 2. The normalized spacial score (nSPS) is 11.4. The van der Waals surface area contributed by atoms with Gasteiger partial charge in [-0.1, -0.05) is 44.5 Å². The molecule has 4 nitrogen and oxygen atoms in total. The zero-order chi connectivity index (χ0) is 21.7. The molecular formula is C23H25F3N4. The number of nitrogens with one attached hydrogen (secondary N) is 1. The second kappa shape index (κ2) is 9.15. The summed E-state index contributed by atoms with van der Waals surface area (Å²) in [4.78, 5) is 9.52. The monoisotopic (exact) mass is 414 g/mol.